The van der Waals surface area contributed by atoms with Gasteiger partial charge in [0, 0.05) is 5.56 Å². The first-order chi connectivity index (χ1) is 8.50. The van der Waals surface area contributed by atoms with Crippen LogP contribution in [0.5, 0.6) is 0 Å². The van der Waals surface area contributed by atoms with E-state index in [0.717, 1.165) is 5.56 Å². The predicted molar refractivity (Wildman–Crippen MR) is 78.0 cm³/mol. The van der Waals surface area contributed by atoms with E-state index < -0.39 is 0 Å². The Bertz CT molecular complexity index is 442. The van der Waals surface area contributed by atoms with Gasteiger partial charge in [0.1, 0.15) is 11.6 Å². The number of hydrogen-bond acceptors (Lipinski definition) is 0. The molecule has 0 nitrogen and oxygen atoms in total. The Morgan fingerprint density at radius 2 is 1.11 bits per heavy atom. The lowest BCUT2D eigenvalue weighted by atomic mass is 9.74. The molecule has 0 saturated carbocycles. The number of rotatable bonds is 2. The van der Waals surface area contributed by atoms with E-state index in [-0.39, 0.29) is 34.4 Å². The average molecular weight is 268 g/mol. The van der Waals surface area contributed by atoms with Gasteiger partial charge in [0.05, 0.1) is 0 Å². The van der Waals surface area contributed by atoms with E-state index in [1.54, 1.807) is 0 Å². The van der Waals surface area contributed by atoms with Gasteiger partial charge in [0.25, 0.3) is 0 Å². The number of halogens is 2. The van der Waals surface area contributed by atoms with Crippen molar-refractivity contribution in [3.05, 3.63) is 33.9 Å². The summed E-state index contributed by atoms with van der Waals surface area (Å²) in [5, 5.41) is 0. The summed E-state index contributed by atoms with van der Waals surface area (Å²) in [5.41, 5.74) is 2.08. The van der Waals surface area contributed by atoms with Crippen molar-refractivity contribution in [2.75, 3.05) is 0 Å². The fourth-order valence-corrected chi connectivity index (χ4v) is 2.76. The number of benzene rings is 1. The third-order valence-corrected chi connectivity index (χ3v) is 3.57. The van der Waals surface area contributed by atoms with Crippen LogP contribution in [0.2, 0.25) is 0 Å². The van der Waals surface area contributed by atoms with Crippen molar-refractivity contribution in [3.63, 3.8) is 0 Å². The van der Waals surface area contributed by atoms with Crippen LogP contribution in [0.15, 0.2) is 0 Å². The monoisotopic (exact) mass is 268 g/mol. The standard InChI is InChI=1S/C17H26F2/c1-9(2)12-14(17(6,7)8)13(10(3)4)16(19)11(5)15(12)18/h9-10H,1-8H3. The highest BCUT2D eigenvalue weighted by Gasteiger charge is 2.31. The highest BCUT2D eigenvalue weighted by molar-refractivity contribution is 5.48. The molecule has 0 radical (unpaired) electrons. The maximum absolute atomic E-state index is 14.5. The fraction of sp³-hybridized carbons (Fsp3) is 0.647. The molecule has 0 N–H and O–H groups in total. The minimum atomic E-state index is -0.373. The maximum Gasteiger partial charge on any atom is 0.132 e. The third-order valence-electron chi connectivity index (χ3n) is 3.57. The molecule has 1 aromatic carbocycles. The van der Waals surface area contributed by atoms with E-state index in [2.05, 4.69) is 0 Å². The molecule has 1 aromatic rings. The lowest BCUT2D eigenvalue weighted by Crippen LogP contribution is -2.22. The molecule has 0 aliphatic carbocycles. The second-order valence-corrected chi connectivity index (χ2v) is 7.01. The van der Waals surface area contributed by atoms with Gasteiger partial charge in [0.2, 0.25) is 0 Å². The van der Waals surface area contributed by atoms with Crippen LogP contribution < -0.4 is 0 Å². The van der Waals surface area contributed by atoms with Crippen LogP contribution in [0.4, 0.5) is 8.78 Å². The van der Waals surface area contributed by atoms with E-state index in [1.165, 1.54) is 6.92 Å². The molecule has 0 bridgehead atoms. The Labute approximate surface area is 116 Å². The minimum absolute atomic E-state index is 0.0472. The van der Waals surface area contributed by atoms with Crippen molar-refractivity contribution in [2.24, 2.45) is 0 Å². The predicted octanol–water partition coefficient (Wildman–Crippen LogP) is 5.82. The summed E-state index contributed by atoms with van der Waals surface area (Å²) in [7, 11) is 0. The van der Waals surface area contributed by atoms with E-state index >= 15 is 0 Å². The first-order valence-electron chi connectivity index (χ1n) is 7.01. The molecule has 0 unspecified atom stereocenters. The van der Waals surface area contributed by atoms with Gasteiger partial charge in [0.15, 0.2) is 0 Å². The first-order valence-corrected chi connectivity index (χ1v) is 7.01. The Morgan fingerprint density at radius 3 is 1.32 bits per heavy atom. The van der Waals surface area contributed by atoms with Gasteiger partial charge >= 0.3 is 0 Å². The zero-order valence-corrected chi connectivity index (χ0v) is 13.4. The van der Waals surface area contributed by atoms with Crippen LogP contribution in [0.25, 0.3) is 0 Å². The lowest BCUT2D eigenvalue weighted by molar-refractivity contribution is 0.494. The molecular weight excluding hydrogens is 242 g/mol. The SMILES string of the molecule is Cc1c(F)c(C(C)C)c(C(C)(C)C)c(C(C)C)c1F. The first kappa shape index (κ1) is 16.1. The second kappa shape index (κ2) is 5.22. The van der Waals surface area contributed by atoms with E-state index in [1.807, 2.05) is 48.5 Å². The topological polar surface area (TPSA) is 0 Å². The molecule has 108 valence electrons. The van der Waals surface area contributed by atoms with E-state index in [9.17, 15) is 8.78 Å². The van der Waals surface area contributed by atoms with Crippen molar-refractivity contribution in [2.45, 2.75) is 72.6 Å². The zero-order valence-electron chi connectivity index (χ0n) is 13.4. The smallest absolute Gasteiger partial charge is 0.132 e. The van der Waals surface area contributed by atoms with Gasteiger partial charge in [-0.3, -0.25) is 0 Å². The summed E-state index contributed by atoms with van der Waals surface area (Å²) in [6, 6.07) is 0. The average Bonchev–Trinajstić information content (AvgIpc) is 2.22. The van der Waals surface area contributed by atoms with Gasteiger partial charge < -0.3 is 0 Å². The molecule has 0 spiro atoms. The molecule has 0 aliphatic heterocycles. The van der Waals surface area contributed by atoms with Crippen LogP contribution in [-0.2, 0) is 5.41 Å². The molecule has 0 aliphatic rings. The summed E-state index contributed by atoms with van der Waals surface area (Å²) >= 11 is 0. The molecule has 0 fully saturated rings. The van der Waals surface area contributed by atoms with Crippen molar-refractivity contribution >= 4 is 0 Å². The van der Waals surface area contributed by atoms with Crippen molar-refractivity contribution in [3.8, 4) is 0 Å². The van der Waals surface area contributed by atoms with Gasteiger partial charge in [-0.25, -0.2) is 8.78 Å². The molecule has 0 amide bonds. The molecule has 0 heterocycles. The van der Waals surface area contributed by atoms with Crippen LogP contribution in [0, 0.1) is 18.6 Å². The maximum atomic E-state index is 14.5. The third kappa shape index (κ3) is 2.82. The van der Waals surface area contributed by atoms with Gasteiger partial charge in [-0.05, 0) is 40.9 Å². The Kier molecular flexibility index (Phi) is 4.44. The second-order valence-electron chi connectivity index (χ2n) is 7.01. The highest BCUT2D eigenvalue weighted by atomic mass is 19.1. The minimum Gasteiger partial charge on any atom is -0.206 e. The lowest BCUT2D eigenvalue weighted by Gasteiger charge is -2.31. The van der Waals surface area contributed by atoms with Crippen LogP contribution in [-0.4, -0.2) is 0 Å². The zero-order chi connectivity index (χ0) is 15.1. The summed E-state index contributed by atoms with van der Waals surface area (Å²) < 4.78 is 29.0. The quantitative estimate of drug-likeness (QED) is 0.634. The van der Waals surface area contributed by atoms with E-state index in [4.69, 9.17) is 0 Å². The van der Waals surface area contributed by atoms with Gasteiger partial charge in [-0.1, -0.05) is 48.5 Å². The Hall–Kier alpha value is -0.920. The van der Waals surface area contributed by atoms with Crippen LogP contribution >= 0.6 is 0 Å². The fourth-order valence-electron chi connectivity index (χ4n) is 2.76. The number of hydrogen-bond donors (Lipinski definition) is 0. The normalized spacial score (nSPS) is 12.6. The van der Waals surface area contributed by atoms with Crippen molar-refractivity contribution < 1.29 is 8.78 Å². The Morgan fingerprint density at radius 1 is 0.789 bits per heavy atom. The van der Waals surface area contributed by atoms with Crippen LogP contribution in [0.3, 0.4) is 0 Å². The summed E-state index contributed by atoms with van der Waals surface area (Å²) in [4.78, 5) is 0. The summed E-state index contributed by atoms with van der Waals surface area (Å²) in [6.07, 6.45) is 0. The van der Waals surface area contributed by atoms with Gasteiger partial charge in [-0.2, -0.15) is 0 Å². The van der Waals surface area contributed by atoms with Gasteiger partial charge in [-0.15, -0.1) is 0 Å². The largest absolute Gasteiger partial charge is 0.206 e. The molecule has 0 aromatic heterocycles. The highest BCUT2D eigenvalue weighted by Crippen LogP contribution is 2.41. The Balaban J connectivity index is 3.92. The van der Waals surface area contributed by atoms with Crippen molar-refractivity contribution in [1.29, 1.82) is 0 Å². The molecule has 2 heteroatoms. The summed E-state index contributed by atoms with van der Waals surface area (Å²) in [6.45, 7) is 15.5. The van der Waals surface area contributed by atoms with Crippen LogP contribution in [0.1, 0.15) is 82.6 Å². The van der Waals surface area contributed by atoms with Crippen molar-refractivity contribution in [1.82, 2.24) is 0 Å². The molecule has 19 heavy (non-hydrogen) atoms. The molecule has 0 atom stereocenters. The summed E-state index contributed by atoms with van der Waals surface area (Å²) in [5.74, 6) is -0.652. The molecular formula is C17H26F2. The molecule has 0 saturated heterocycles. The van der Waals surface area contributed by atoms with E-state index in [0.29, 0.717) is 11.1 Å². The molecule has 1 rings (SSSR count).